The molecule has 114 valence electrons. The number of hydrogen-bond donors (Lipinski definition) is 3. The van der Waals surface area contributed by atoms with Gasteiger partial charge in [-0.2, -0.15) is 0 Å². The zero-order valence-electron chi connectivity index (χ0n) is 12.1. The molecule has 21 heavy (non-hydrogen) atoms. The van der Waals surface area contributed by atoms with E-state index < -0.39 is 12.0 Å². The zero-order chi connectivity index (χ0) is 15.2. The second-order valence-electron chi connectivity index (χ2n) is 5.00. The molecule has 6 heteroatoms. The molecule has 0 heterocycles. The van der Waals surface area contributed by atoms with Crippen LogP contribution in [0.25, 0.3) is 0 Å². The van der Waals surface area contributed by atoms with Gasteiger partial charge in [-0.05, 0) is 30.9 Å². The van der Waals surface area contributed by atoms with E-state index in [-0.39, 0.29) is 25.2 Å². The molecule has 1 unspecified atom stereocenters. The fourth-order valence-electron chi connectivity index (χ4n) is 2.45. The molecule has 0 aliphatic heterocycles. The van der Waals surface area contributed by atoms with Crippen molar-refractivity contribution in [1.29, 1.82) is 0 Å². The first-order chi connectivity index (χ1) is 10.1. The Morgan fingerprint density at radius 1 is 1.43 bits per heavy atom. The van der Waals surface area contributed by atoms with E-state index in [2.05, 4.69) is 16.7 Å². The summed E-state index contributed by atoms with van der Waals surface area (Å²) in [5, 5.41) is 5.51. The molecule has 0 spiro atoms. The van der Waals surface area contributed by atoms with Crippen LogP contribution in [0, 0.1) is 0 Å². The van der Waals surface area contributed by atoms with Crippen LogP contribution < -0.4 is 16.4 Å². The molecule has 1 aromatic carbocycles. The maximum absolute atomic E-state index is 11.9. The number of ether oxygens (including phenoxy) is 1. The number of fused-ring (bicyclic) bond motifs is 1. The van der Waals surface area contributed by atoms with Gasteiger partial charge in [0.05, 0.1) is 12.6 Å². The van der Waals surface area contributed by atoms with E-state index in [4.69, 9.17) is 10.5 Å². The van der Waals surface area contributed by atoms with Crippen molar-refractivity contribution < 1.29 is 14.3 Å². The minimum absolute atomic E-state index is 0.0139. The second-order valence-corrected chi connectivity index (χ2v) is 5.00. The third kappa shape index (κ3) is 3.95. The topological polar surface area (TPSA) is 93.4 Å². The van der Waals surface area contributed by atoms with Gasteiger partial charge < -0.3 is 21.1 Å². The lowest BCUT2D eigenvalue weighted by Gasteiger charge is -2.16. The summed E-state index contributed by atoms with van der Waals surface area (Å²) in [5.74, 6) is -0.510. The van der Waals surface area contributed by atoms with Gasteiger partial charge in [-0.1, -0.05) is 24.3 Å². The van der Waals surface area contributed by atoms with Crippen LogP contribution in [0.3, 0.4) is 0 Å². The van der Waals surface area contributed by atoms with Gasteiger partial charge in [0.25, 0.3) is 0 Å². The average Bonchev–Trinajstić information content (AvgIpc) is 2.88. The van der Waals surface area contributed by atoms with Crippen LogP contribution in [0.15, 0.2) is 24.3 Å². The van der Waals surface area contributed by atoms with Gasteiger partial charge in [0.15, 0.2) is 0 Å². The Balaban J connectivity index is 1.80. The highest BCUT2D eigenvalue weighted by Gasteiger charge is 2.23. The van der Waals surface area contributed by atoms with Crippen molar-refractivity contribution in [3.8, 4) is 0 Å². The Morgan fingerprint density at radius 2 is 2.19 bits per heavy atom. The summed E-state index contributed by atoms with van der Waals surface area (Å²) < 4.78 is 4.78. The quantitative estimate of drug-likeness (QED) is 0.702. The van der Waals surface area contributed by atoms with Crippen LogP contribution in [0.1, 0.15) is 30.5 Å². The van der Waals surface area contributed by atoms with Gasteiger partial charge in [0.2, 0.25) is 0 Å². The van der Waals surface area contributed by atoms with Gasteiger partial charge in [0.1, 0.15) is 6.04 Å². The highest BCUT2D eigenvalue weighted by molar-refractivity contribution is 5.78. The van der Waals surface area contributed by atoms with Crippen molar-refractivity contribution in [1.82, 2.24) is 10.6 Å². The summed E-state index contributed by atoms with van der Waals surface area (Å²) in [6.45, 7) is 2.04. The molecule has 0 bridgehead atoms. The molecular weight excluding hydrogens is 270 g/mol. The summed E-state index contributed by atoms with van der Waals surface area (Å²) >= 11 is 0. The second kappa shape index (κ2) is 7.08. The predicted octanol–water partition coefficient (Wildman–Crippen LogP) is 0.864. The number of urea groups is 1. The lowest BCUT2D eigenvalue weighted by atomic mass is 10.1. The number of aryl methyl sites for hydroxylation is 1. The fraction of sp³-hybridized carbons (Fsp3) is 0.467. The zero-order valence-corrected chi connectivity index (χ0v) is 12.1. The Kier molecular flexibility index (Phi) is 5.16. The van der Waals surface area contributed by atoms with E-state index in [1.165, 1.54) is 5.56 Å². The van der Waals surface area contributed by atoms with Crippen molar-refractivity contribution in [2.24, 2.45) is 5.73 Å². The maximum atomic E-state index is 11.9. The molecule has 0 aromatic heterocycles. The monoisotopic (exact) mass is 291 g/mol. The van der Waals surface area contributed by atoms with E-state index in [0.29, 0.717) is 0 Å². The number of hydrogen-bond acceptors (Lipinski definition) is 4. The maximum Gasteiger partial charge on any atom is 0.324 e. The number of benzene rings is 1. The number of carbonyl (C=O) groups excluding carboxylic acids is 2. The summed E-state index contributed by atoms with van der Waals surface area (Å²) in [6.07, 6.45) is 1.85. The molecule has 2 atom stereocenters. The first-order valence-corrected chi connectivity index (χ1v) is 7.16. The van der Waals surface area contributed by atoms with Crippen molar-refractivity contribution in [3.05, 3.63) is 35.4 Å². The van der Waals surface area contributed by atoms with Crippen LogP contribution in [0.2, 0.25) is 0 Å². The van der Waals surface area contributed by atoms with Gasteiger partial charge in [-0.15, -0.1) is 0 Å². The van der Waals surface area contributed by atoms with Crippen LogP contribution in [-0.2, 0) is 16.0 Å². The third-order valence-electron chi connectivity index (χ3n) is 3.51. The summed E-state index contributed by atoms with van der Waals surface area (Å²) in [5.41, 5.74) is 8.04. The van der Waals surface area contributed by atoms with Crippen LogP contribution >= 0.6 is 0 Å². The molecule has 2 rings (SSSR count). The van der Waals surface area contributed by atoms with E-state index in [1.807, 2.05) is 18.2 Å². The molecule has 0 radical (unpaired) electrons. The van der Waals surface area contributed by atoms with E-state index in [9.17, 15) is 9.59 Å². The van der Waals surface area contributed by atoms with Crippen LogP contribution in [0.4, 0.5) is 4.79 Å². The molecule has 1 aliphatic carbocycles. The lowest BCUT2D eigenvalue weighted by molar-refractivity contribution is -0.144. The summed E-state index contributed by atoms with van der Waals surface area (Å²) in [4.78, 5) is 23.2. The van der Waals surface area contributed by atoms with Crippen molar-refractivity contribution in [2.45, 2.75) is 31.8 Å². The Bertz CT molecular complexity index is 519. The first-order valence-electron chi connectivity index (χ1n) is 7.16. The number of carbonyl (C=O) groups is 2. The molecule has 0 saturated carbocycles. The Hall–Kier alpha value is -2.08. The van der Waals surface area contributed by atoms with Crippen molar-refractivity contribution in [3.63, 3.8) is 0 Å². The predicted molar refractivity (Wildman–Crippen MR) is 78.6 cm³/mol. The molecule has 1 aliphatic rings. The van der Waals surface area contributed by atoms with Crippen molar-refractivity contribution >= 4 is 12.0 Å². The molecule has 6 nitrogen and oxygen atoms in total. The van der Waals surface area contributed by atoms with Gasteiger partial charge in [-0.25, -0.2) is 4.79 Å². The fourth-order valence-corrected chi connectivity index (χ4v) is 2.45. The molecule has 0 saturated heterocycles. The lowest BCUT2D eigenvalue weighted by Crippen LogP contribution is -2.47. The first kappa shape index (κ1) is 15.3. The largest absolute Gasteiger partial charge is 0.465 e. The highest BCUT2D eigenvalue weighted by atomic mass is 16.5. The number of nitrogens with one attached hydrogen (secondary N) is 2. The number of rotatable bonds is 5. The van der Waals surface area contributed by atoms with Crippen LogP contribution in [-0.4, -0.2) is 31.2 Å². The van der Waals surface area contributed by atoms with Gasteiger partial charge >= 0.3 is 12.0 Å². The van der Waals surface area contributed by atoms with E-state index in [0.717, 1.165) is 18.4 Å². The molecule has 2 amide bonds. The highest BCUT2D eigenvalue weighted by Crippen LogP contribution is 2.30. The SMILES string of the molecule is CCOC(=O)C(N)CNC(=O)N[C@@H]1CCc2ccccc21. The Labute approximate surface area is 124 Å². The molecule has 4 N–H and O–H groups in total. The number of esters is 1. The van der Waals surface area contributed by atoms with Gasteiger partial charge in [0, 0.05) is 6.54 Å². The normalized spacial score (nSPS) is 17.7. The summed E-state index contributed by atoms with van der Waals surface area (Å²) in [6, 6.07) is 6.92. The summed E-state index contributed by atoms with van der Waals surface area (Å²) in [7, 11) is 0. The smallest absolute Gasteiger partial charge is 0.324 e. The Morgan fingerprint density at radius 3 is 2.95 bits per heavy atom. The number of amides is 2. The third-order valence-corrected chi connectivity index (χ3v) is 3.51. The van der Waals surface area contributed by atoms with E-state index in [1.54, 1.807) is 6.92 Å². The average molecular weight is 291 g/mol. The molecule has 1 aromatic rings. The minimum atomic E-state index is -0.841. The minimum Gasteiger partial charge on any atom is -0.465 e. The van der Waals surface area contributed by atoms with E-state index >= 15 is 0 Å². The van der Waals surface area contributed by atoms with Gasteiger partial charge in [-0.3, -0.25) is 4.79 Å². The molecule has 0 fully saturated rings. The standard InChI is InChI=1S/C15H21N3O3/c1-2-21-14(19)12(16)9-17-15(20)18-13-8-7-10-5-3-4-6-11(10)13/h3-6,12-13H,2,7-9,16H2,1H3,(H2,17,18,20)/t12?,13-/m1/s1. The van der Waals surface area contributed by atoms with Crippen LogP contribution in [0.5, 0.6) is 0 Å². The molecular formula is C15H21N3O3. The van der Waals surface area contributed by atoms with Crippen molar-refractivity contribution in [2.75, 3.05) is 13.2 Å². The number of nitrogens with two attached hydrogens (primary N) is 1.